The normalized spacial score (nSPS) is 31.2. The van der Waals surface area contributed by atoms with Gasteiger partial charge >= 0.3 is 0 Å². The van der Waals surface area contributed by atoms with E-state index in [0.29, 0.717) is 13.2 Å². The summed E-state index contributed by atoms with van der Waals surface area (Å²) in [5.41, 5.74) is 0. The van der Waals surface area contributed by atoms with Crippen molar-refractivity contribution in [3.05, 3.63) is 0 Å². The Hall–Kier alpha value is -0.120. The summed E-state index contributed by atoms with van der Waals surface area (Å²) in [5.74, 6) is -0.349. The maximum Gasteiger partial charge on any atom is 0.201 e. The van der Waals surface area contributed by atoms with Gasteiger partial charge in [0, 0.05) is 12.8 Å². The van der Waals surface area contributed by atoms with Crippen molar-refractivity contribution in [2.24, 2.45) is 0 Å². The quantitative estimate of drug-likeness (QED) is 0.479. The lowest BCUT2D eigenvalue weighted by atomic mass is 10.2. The predicted molar refractivity (Wildman–Crippen MR) is 34.2 cm³/mol. The number of hydrogen-bond acceptors (Lipinski definition) is 3. The third-order valence-corrected chi connectivity index (χ3v) is 2.11. The van der Waals surface area contributed by atoms with E-state index in [2.05, 4.69) is 0 Å². The first-order chi connectivity index (χ1) is 4.91. The molecule has 2 rings (SSSR count). The smallest absolute Gasteiger partial charge is 0.201 e. The Morgan fingerprint density at radius 3 is 2.40 bits per heavy atom. The Morgan fingerprint density at radius 2 is 1.80 bits per heavy atom. The molecule has 2 aliphatic rings. The highest BCUT2D eigenvalue weighted by molar-refractivity contribution is 4.76. The molecule has 1 saturated carbocycles. The van der Waals surface area contributed by atoms with Gasteiger partial charge in [-0.1, -0.05) is 0 Å². The van der Waals surface area contributed by atoms with E-state index in [1.807, 2.05) is 0 Å². The molecule has 1 saturated heterocycles. The second kappa shape index (κ2) is 2.49. The van der Waals surface area contributed by atoms with Gasteiger partial charge in [-0.2, -0.15) is 0 Å². The van der Waals surface area contributed by atoms with Crippen molar-refractivity contribution in [1.29, 1.82) is 0 Å². The fourth-order valence-electron chi connectivity index (χ4n) is 1.58. The van der Waals surface area contributed by atoms with Crippen molar-refractivity contribution in [2.75, 3.05) is 13.2 Å². The molecule has 1 spiro atoms. The molecular formula is C7H12O3. The van der Waals surface area contributed by atoms with E-state index in [9.17, 15) is 0 Å². The minimum absolute atomic E-state index is 0.349. The van der Waals surface area contributed by atoms with Crippen LogP contribution in [0, 0.1) is 0 Å². The Bertz CT molecular complexity index is 110. The van der Waals surface area contributed by atoms with Gasteiger partial charge < -0.3 is 4.74 Å². The molecule has 3 nitrogen and oxygen atoms in total. The van der Waals surface area contributed by atoms with E-state index in [1.165, 1.54) is 12.8 Å². The molecule has 0 aromatic heterocycles. The van der Waals surface area contributed by atoms with Gasteiger partial charge in [0.1, 0.15) is 6.61 Å². The molecule has 58 valence electrons. The Balaban J connectivity index is 1.98. The Kier molecular flexibility index (Phi) is 1.64. The summed E-state index contributed by atoms with van der Waals surface area (Å²) in [6.45, 7) is 1.25. The monoisotopic (exact) mass is 144 g/mol. The largest absolute Gasteiger partial charge is 0.345 e. The van der Waals surface area contributed by atoms with Gasteiger partial charge in [0.25, 0.3) is 0 Å². The van der Waals surface area contributed by atoms with Gasteiger partial charge in [-0.05, 0) is 12.8 Å². The zero-order valence-corrected chi connectivity index (χ0v) is 5.97. The topological polar surface area (TPSA) is 27.7 Å². The van der Waals surface area contributed by atoms with Crippen LogP contribution in [0.5, 0.6) is 0 Å². The van der Waals surface area contributed by atoms with Gasteiger partial charge in [0.2, 0.25) is 5.79 Å². The van der Waals surface area contributed by atoms with Gasteiger partial charge in [-0.25, -0.2) is 9.78 Å². The highest BCUT2D eigenvalue weighted by Crippen LogP contribution is 2.35. The van der Waals surface area contributed by atoms with E-state index >= 15 is 0 Å². The SMILES string of the molecule is C1CCC2(C1)OCCOO2. The summed E-state index contributed by atoms with van der Waals surface area (Å²) in [7, 11) is 0. The first kappa shape index (κ1) is 6.58. The molecule has 0 N–H and O–H groups in total. The van der Waals surface area contributed by atoms with Crippen molar-refractivity contribution >= 4 is 0 Å². The molecule has 1 heterocycles. The molecule has 0 amide bonds. The fraction of sp³-hybridized carbons (Fsp3) is 1.00. The summed E-state index contributed by atoms with van der Waals surface area (Å²) in [5, 5.41) is 0. The van der Waals surface area contributed by atoms with Crippen molar-refractivity contribution < 1.29 is 14.5 Å². The van der Waals surface area contributed by atoms with Crippen molar-refractivity contribution in [3.8, 4) is 0 Å². The number of rotatable bonds is 0. The van der Waals surface area contributed by atoms with Crippen molar-refractivity contribution in [2.45, 2.75) is 31.5 Å². The third-order valence-electron chi connectivity index (χ3n) is 2.11. The van der Waals surface area contributed by atoms with Gasteiger partial charge in [-0.3, -0.25) is 0 Å². The van der Waals surface area contributed by atoms with Crippen molar-refractivity contribution in [3.63, 3.8) is 0 Å². The van der Waals surface area contributed by atoms with E-state index in [1.54, 1.807) is 0 Å². The standard InChI is InChI=1S/C7H12O3/c1-2-4-7(3-1)8-5-6-9-10-7/h1-6H2. The fourth-order valence-corrected chi connectivity index (χ4v) is 1.58. The van der Waals surface area contributed by atoms with E-state index < -0.39 is 0 Å². The summed E-state index contributed by atoms with van der Waals surface area (Å²) in [6, 6.07) is 0. The number of ether oxygens (including phenoxy) is 1. The van der Waals surface area contributed by atoms with E-state index in [-0.39, 0.29) is 5.79 Å². The molecule has 0 bridgehead atoms. The predicted octanol–water partition coefficient (Wildman–Crippen LogP) is 1.24. The average molecular weight is 144 g/mol. The van der Waals surface area contributed by atoms with Gasteiger partial charge in [0.05, 0.1) is 6.61 Å². The lowest BCUT2D eigenvalue weighted by Gasteiger charge is -2.31. The Labute approximate surface area is 60.2 Å². The first-order valence-electron chi connectivity index (χ1n) is 3.86. The van der Waals surface area contributed by atoms with Crippen LogP contribution in [-0.4, -0.2) is 19.0 Å². The molecular weight excluding hydrogens is 132 g/mol. The zero-order valence-electron chi connectivity index (χ0n) is 5.97. The molecule has 3 heteroatoms. The summed E-state index contributed by atoms with van der Waals surface area (Å²) in [6.07, 6.45) is 4.38. The van der Waals surface area contributed by atoms with Crippen LogP contribution in [0.4, 0.5) is 0 Å². The first-order valence-corrected chi connectivity index (χ1v) is 3.86. The van der Waals surface area contributed by atoms with Gasteiger partial charge in [-0.15, -0.1) is 0 Å². The zero-order chi connectivity index (χ0) is 6.86. The summed E-state index contributed by atoms with van der Waals surface area (Å²) in [4.78, 5) is 9.99. The number of hydrogen-bond donors (Lipinski definition) is 0. The highest BCUT2D eigenvalue weighted by Gasteiger charge is 2.39. The van der Waals surface area contributed by atoms with Crippen LogP contribution in [0.2, 0.25) is 0 Å². The molecule has 0 aromatic carbocycles. The lowest BCUT2D eigenvalue weighted by Crippen LogP contribution is -2.38. The van der Waals surface area contributed by atoms with Crippen LogP contribution in [0.25, 0.3) is 0 Å². The second-order valence-electron chi connectivity index (χ2n) is 2.87. The lowest BCUT2D eigenvalue weighted by molar-refractivity contribution is -0.463. The Morgan fingerprint density at radius 1 is 1.00 bits per heavy atom. The molecule has 0 atom stereocenters. The highest BCUT2D eigenvalue weighted by atomic mass is 17.2. The minimum atomic E-state index is -0.349. The average Bonchev–Trinajstić information content (AvgIpc) is 2.39. The van der Waals surface area contributed by atoms with E-state index in [0.717, 1.165) is 12.8 Å². The van der Waals surface area contributed by atoms with E-state index in [4.69, 9.17) is 14.5 Å². The van der Waals surface area contributed by atoms with Crippen molar-refractivity contribution in [1.82, 2.24) is 0 Å². The molecule has 1 aliphatic heterocycles. The van der Waals surface area contributed by atoms with Crippen LogP contribution < -0.4 is 0 Å². The van der Waals surface area contributed by atoms with Crippen LogP contribution in [0.1, 0.15) is 25.7 Å². The third kappa shape index (κ3) is 1.05. The van der Waals surface area contributed by atoms with Crippen LogP contribution in [0.15, 0.2) is 0 Å². The molecule has 0 radical (unpaired) electrons. The molecule has 0 aromatic rings. The van der Waals surface area contributed by atoms with Gasteiger partial charge in [0.15, 0.2) is 0 Å². The second-order valence-corrected chi connectivity index (χ2v) is 2.87. The molecule has 2 fully saturated rings. The maximum absolute atomic E-state index is 5.48. The summed E-state index contributed by atoms with van der Waals surface area (Å²) < 4.78 is 5.48. The summed E-state index contributed by atoms with van der Waals surface area (Å²) >= 11 is 0. The van der Waals surface area contributed by atoms with Crippen LogP contribution in [0.3, 0.4) is 0 Å². The van der Waals surface area contributed by atoms with Crippen LogP contribution >= 0.6 is 0 Å². The molecule has 10 heavy (non-hydrogen) atoms. The van der Waals surface area contributed by atoms with Crippen LogP contribution in [-0.2, 0) is 14.5 Å². The molecule has 0 unspecified atom stereocenters. The minimum Gasteiger partial charge on any atom is -0.345 e. The maximum atomic E-state index is 5.48. The molecule has 1 aliphatic carbocycles.